The molecule has 0 radical (unpaired) electrons. The summed E-state index contributed by atoms with van der Waals surface area (Å²) < 4.78 is 1.21. The number of nitrogens with one attached hydrogen (secondary N) is 2. The van der Waals surface area contributed by atoms with Crippen LogP contribution in [-0.2, 0) is 9.59 Å². The molecule has 0 aliphatic carbocycles. The number of para-hydroxylation sites is 2. The highest BCUT2D eigenvalue weighted by Crippen LogP contribution is 2.31. The third-order valence-electron chi connectivity index (χ3n) is 5.64. The van der Waals surface area contributed by atoms with E-state index < -0.39 is 11.8 Å². The molecule has 2 aromatic carbocycles. The van der Waals surface area contributed by atoms with Crippen LogP contribution in [0.25, 0.3) is 10.2 Å². The molecule has 30 heavy (non-hydrogen) atoms. The topological polar surface area (TPSA) is 74.3 Å². The molecule has 0 saturated carbocycles. The smallest absolute Gasteiger partial charge is 0.313 e. The van der Waals surface area contributed by atoms with Crippen LogP contribution in [0.15, 0.2) is 42.5 Å². The van der Waals surface area contributed by atoms with Crippen molar-refractivity contribution in [1.82, 2.24) is 10.3 Å². The number of benzene rings is 2. The maximum absolute atomic E-state index is 12.3. The third kappa shape index (κ3) is 4.46. The Morgan fingerprint density at radius 3 is 2.43 bits per heavy atom. The van der Waals surface area contributed by atoms with Gasteiger partial charge in [-0.15, -0.1) is 0 Å². The molecule has 0 spiro atoms. The second-order valence-electron chi connectivity index (χ2n) is 7.83. The molecule has 7 heteroatoms. The highest BCUT2D eigenvalue weighted by molar-refractivity contribution is 7.22. The Balaban J connectivity index is 1.26. The van der Waals surface area contributed by atoms with Crippen molar-refractivity contribution in [3.8, 4) is 0 Å². The van der Waals surface area contributed by atoms with Gasteiger partial charge in [-0.1, -0.05) is 41.7 Å². The first-order valence-corrected chi connectivity index (χ1v) is 11.1. The molecule has 2 N–H and O–H groups in total. The summed E-state index contributed by atoms with van der Waals surface area (Å²) in [7, 11) is 0. The maximum atomic E-state index is 12.3. The summed E-state index contributed by atoms with van der Waals surface area (Å²) >= 11 is 1.72. The second-order valence-corrected chi connectivity index (χ2v) is 8.83. The second kappa shape index (κ2) is 8.83. The Morgan fingerprint density at radius 2 is 1.73 bits per heavy atom. The van der Waals surface area contributed by atoms with Crippen molar-refractivity contribution >= 4 is 44.2 Å². The van der Waals surface area contributed by atoms with E-state index in [4.69, 9.17) is 4.98 Å². The number of hydrogen-bond acceptors (Lipinski definition) is 5. The van der Waals surface area contributed by atoms with Crippen molar-refractivity contribution in [3.63, 3.8) is 0 Å². The lowest BCUT2D eigenvalue weighted by Crippen LogP contribution is -2.42. The summed E-state index contributed by atoms with van der Waals surface area (Å²) in [4.78, 5) is 31.6. The summed E-state index contributed by atoms with van der Waals surface area (Å²) in [5.74, 6) is -0.821. The van der Waals surface area contributed by atoms with Gasteiger partial charge in [0.15, 0.2) is 5.13 Å². The van der Waals surface area contributed by atoms with Crippen LogP contribution in [0, 0.1) is 19.8 Å². The predicted molar refractivity (Wildman–Crippen MR) is 122 cm³/mol. The van der Waals surface area contributed by atoms with Gasteiger partial charge in [0, 0.05) is 25.3 Å². The molecule has 156 valence electrons. The minimum Gasteiger partial charge on any atom is -0.348 e. The van der Waals surface area contributed by atoms with Crippen molar-refractivity contribution in [1.29, 1.82) is 0 Å². The summed E-state index contributed by atoms with van der Waals surface area (Å²) in [6.07, 6.45) is 1.93. The Kier molecular flexibility index (Phi) is 5.99. The lowest BCUT2D eigenvalue weighted by Gasteiger charge is -2.31. The number of fused-ring (bicyclic) bond motifs is 1. The quantitative estimate of drug-likeness (QED) is 0.626. The van der Waals surface area contributed by atoms with Crippen LogP contribution in [0.5, 0.6) is 0 Å². The fraction of sp³-hybridized carbons (Fsp3) is 0.348. The number of carbonyl (C=O) groups excluding carboxylic acids is 2. The van der Waals surface area contributed by atoms with Crippen LogP contribution in [0.2, 0.25) is 0 Å². The fourth-order valence-electron chi connectivity index (χ4n) is 3.82. The van der Waals surface area contributed by atoms with Gasteiger partial charge in [-0.05, 0) is 55.9 Å². The third-order valence-corrected chi connectivity index (χ3v) is 6.74. The number of aromatic nitrogens is 1. The average Bonchev–Trinajstić information content (AvgIpc) is 3.19. The van der Waals surface area contributed by atoms with Gasteiger partial charge in [0.25, 0.3) is 0 Å². The number of nitrogens with zero attached hydrogens (tertiary/aromatic N) is 2. The lowest BCUT2D eigenvalue weighted by molar-refractivity contribution is -0.136. The number of carbonyl (C=O) groups is 2. The van der Waals surface area contributed by atoms with Gasteiger partial charge in [-0.3, -0.25) is 9.59 Å². The minimum atomic E-state index is -0.612. The van der Waals surface area contributed by atoms with Gasteiger partial charge < -0.3 is 15.5 Å². The molecule has 1 aliphatic rings. The number of rotatable bonds is 4. The SMILES string of the molecule is Cc1cccc(C)c1NC(=O)C(=O)NCC1CCN(c2nc3ccccc3s2)CC1. The molecular formula is C23H26N4O2S. The molecular weight excluding hydrogens is 396 g/mol. The Hall–Kier alpha value is -2.93. The zero-order valence-electron chi connectivity index (χ0n) is 17.3. The maximum Gasteiger partial charge on any atom is 0.313 e. The number of hydrogen-bond donors (Lipinski definition) is 2. The van der Waals surface area contributed by atoms with E-state index >= 15 is 0 Å². The Bertz CT molecular complexity index is 1020. The first-order chi connectivity index (χ1) is 14.5. The fourth-order valence-corrected chi connectivity index (χ4v) is 4.84. The summed E-state index contributed by atoms with van der Waals surface area (Å²) in [5.41, 5.74) is 3.64. The molecule has 1 fully saturated rings. The Labute approximate surface area is 180 Å². The number of piperidine rings is 1. The van der Waals surface area contributed by atoms with Crippen molar-refractivity contribution in [2.45, 2.75) is 26.7 Å². The molecule has 1 aromatic heterocycles. The van der Waals surface area contributed by atoms with Crippen LogP contribution in [0.3, 0.4) is 0 Å². The zero-order valence-corrected chi connectivity index (χ0v) is 18.1. The predicted octanol–water partition coefficient (Wildman–Crippen LogP) is 3.88. The lowest BCUT2D eigenvalue weighted by atomic mass is 9.97. The molecule has 1 saturated heterocycles. The van der Waals surface area contributed by atoms with Gasteiger partial charge >= 0.3 is 11.8 Å². The first kappa shape index (κ1) is 20.3. The number of thiazole rings is 1. The van der Waals surface area contributed by atoms with E-state index in [1.165, 1.54) is 4.70 Å². The number of amides is 2. The van der Waals surface area contributed by atoms with E-state index in [1.54, 1.807) is 11.3 Å². The van der Waals surface area contributed by atoms with Gasteiger partial charge in [-0.25, -0.2) is 4.98 Å². The van der Waals surface area contributed by atoms with E-state index in [-0.39, 0.29) is 0 Å². The highest BCUT2D eigenvalue weighted by Gasteiger charge is 2.23. The molecule has 3 aromatic rings. The van der Waals surface area contributed by atoms with E-state index in [9.17, 15) is 9.59 Å². The molecule has 4 rings (SSSR count). The minimum absolute atomic E-state index is 0.368. The van der Waals surface area contributed by atoms with E-state index in [0.29, 0.717) is 18.2 Å². The van der Waals surface area contributed by atoms with Crippen molar-refractivity contribution < 1.29 is 9.59 Å². The van der Waals surface area contributed by atoms with Crippen LogP contribution in [0.4, 0.5) is 10.8 Å². The molecule has 2 amide bonds. The summed E-state index contributed by atoms with van der Waals surface area (Å²) in [6, 6.07) is 14.0. The van der Waals surface area contributed by atoms with Gasteiger partial charge in [0.2, 0.25) is 0 Å². The van der Waals surface area contributed by atoms with Crippen LogP contribution < -0.4 is 15.5 Å². The summed E-state index contributed by atoms with van der Waals surface area (Å²) in [6.45, 7) is 6.18. The Morgan fingerprint density at radius 1 is 1.03 bits per heavy atom. The van der Waals surface area contributed by atoms with Crippen LogP contribution >= 0.6 is 11.3 Å². The van der Waals surface area contributed by atoms with Crippen LogP contribution in [0.1, 0.15) is 24.0 Å². The zero-order chi connectivity index (χ0) is 21.1. The molecule has 0 unspecified atom stereocenters. The summed E-state index contributed by atoms with van der Waals surface area (Å²) in [5, 5.41) is 6.61. The van der Waals surface area contributed by atoms with Crippen molar-refractivity contribution in [3.05, 3.63) is 53.6 Å². The molecule has 6 nitrogen and oxygen atoms in total. The van der Waals surface area contributed by atoms with E-state index in [0.717, 1.165) is 47.7 Å². The van der Waals surface area contributed by atoms with Gasteiger partial charge in [0.1, 0.15) is 0 Å². The number of aryl methyl sites for hydroxylation is 2. The molecule has 1 aliphatic heterocycles. The first-order valence-electron chi connectivity index (χ1n) is 10.3. The molecule has 2 heterocycles. The van der Waals surface area contributed by atoms with Gasteiger partial charge in [-0.2, -0.15) is 0 Å². The standard InChI is InChI=1S/C23H26N4O2S/c1-15-6-5-7-16(2)20(15)26-22(29)21(28)24-14-17-10-12-27(13-11-17)23-25-18-8-3-4-9-19(18)30-23/h3-9,17H,10-14H2,1-2H3,(H,24,28)(H,26,29). The van der Waals surface area contributed by atoms with E-state index in [2.05, 4.69) is 21.6 Å². The highest BCUT2D eigenvalue weighted by atomic mass is 32.1. The van der Waals surface area contributed by atoms with Gasteiger partial charge in [0.05, 0.1) is 10.2 Å². The van der Waals surface area contributed by atoms with E-state index in [1.807, 2.05) is 50.2 Å². The van der Waals surface area contributed by atoms with Crippen LogP contribution in [-0.4, -0.2) is 36.4 Å². The normalized spacial score (nSPS) is 14.7. The van der Waals surface area contributed by atoms with Crippen molar-refractivity contribution in [2.75, 3.05) is 29.9 Å². The largest absolute Gasteiger partial charge is 0.348 e. The molecule has 0 bridgehead atoms. The average molecular weight is 423 g/mol. The van der Waals surface area contributed by atoms with Crippen molar-refractivity contribution in [2.24, 2.45) is 5.92 Å². The number of anilines is 2. The molecule has 0 atom stereocenters. The monoisotopic (exact) mass is 422 g/mol.